The summed E-state index contributed by atoms with van der Waals surface area (Å²) in [6, 6.07) is 19.1. The minimum Gasteiger partial charge on any atom is -0.489 e. The third kappa shape index (κ3) is 5.04. The lowest BCUT2D eigenvalue weighted by molar-refractivity contribution is -0.137. The van der Waals surface area contributed by atoms with Crippen molar-refractivity contribution in [2.45, 2.75) is 17.7 Å². The van der Waals surface area contributed by atoms with Crippen LogP contribution in [0.15, 0.2) is 83.8 Å². The number of nitrogens with one attached hydrogen (secondary N) is 1. The van der Waals surface area contributed by atoms with Gasteiger partial charge in [0.05, 0.1) is 16.1 Å². The van der Waals surface area contributed by atoms with Gasteiger partial charge in [-0.2, -0.15) is 13.2 Å². The first-order valence-corrected chi connectivity index (χ1v) is 9.69. The van der Waals surface area contributed by atoms with Crippen molar-refractivity contribution >= 4 is 15.7 Å². The molecule has 0 atom stereocenters. The Labute approximate surface area is 160 Å². The average Bonchev–Trinajstić information content (AvgIpc) is 2.67. The van der Waals surface area contributed by atoms with Crippen LogP contribution in [0.25, 0.3) is 0 Å². The Kier molecular flexibility index (Phi) is 5.60. The van der Waals surface area contributed by atoms with E-state index in [0.29, 0.717) is 12.4 Å². The Bertz CT molecular complexity index is 1030. The molecule has 0 spiro atoms. The molecule has 0 aromatic heterocycles. The fraction of sp³-hybridized carbons (Fsp3) is 0.100. The molecule has 3 rings (SSSR count). The summed E-state index contributed by atoms with van der Waals surface area (Å²) in [7, 11) is -4.03. The molecule has 0 unspecified atom stereocenters. The molecule has 4 nitrogen and oxygen atoms in total. The van der Waals surface area contributed by atoms with Crippen LogP contribution in [-0.2, 0) is 22.8 Å². The maximum absolute atomic E-state index is 12.6. The Morgan fingerprint density at radius 1 is 0.857 bits per heavy atom. The van der Waals surface area contributed by atoms with E-state index >= 15 is 0 Å². The molecule has 146 valence electrons. The standard InChI is InChI=1S/C20H16F3NO3S/c21-20(22,23)16-9-11-19(12-10-16)28(25,26)24-17-7-4-8-18(13-17)27-14-15-5-2-1-3-6-15/h1-13,24H,14H2. The topological polar surface area (TPSA) is 55.4 Å². The van der Waals surface area contributed by atoms with Gasteiger partial charge in [-0.05, 0) is 42.0 Å². The number of benzene rings is 3. The van der Waals surface area contributed by atoms with Crippen LogP contribution in [0.1, 0.15) is 11.1 Å². The highest BCUT2D eigenvalue weighted by atomic mass is 32.2. The van der Waals surface area contributed by atoms with Crippen molar-refractivity contribution in [2.75, 3.05) is 4.72 Å². The molecule has 0 aliphatic heterocycles. The molecular weight excluding hydrogens is 391 g/mol. The zero-order chi connectivity index (χ0) is 20.2. The Morgan fingerprint density at radius 2 is 1.54 bits per heavy atom. The first-order valence-electron chi connectivity index (χ1n) is 8.21. The maximum atomic E-state index is 12.6. The molecule has 3 aromatic carbocycles. The number of halogens is 3. The van der Waals surface area contributed by atoms with Crippen LogP contribution in [0.3, 0.4) is 0 Å². The van der Waals surface area contributed by atoms with Gasteiger partial charge >= 0.3 is 6.18 Å². The SMILES string of the molecule is O=S(=O)(Nc1cccc(OCc2ccccc2)c1)c1ccc(C(F)(F)F)cc1. The van der Waals surface area contributed by atoms with Gasteiger partial charge in [0, 0.05) is 6.07 Å². The van der Waals surface area contributed by atoms with E-state index in [1.165, 1.54) is 12.1 Å². The number of hydrogen-bond acceptors (Lipinski definition) is 3. The van der Waals surface area contributed by atoms with Crippen molar-refractivity contribution in [3.63, 3.8) is 0 Å². The van der Waals surface area contributed by atoms with Gasteiger partial charge in [-0.15, -0.1) is 0 Å². The predicted molar refractivity (Wildman–Crippen MR) is 99.5 cm³/mol. The summed E-state index contributed by atoms with van der Waals surface area (Å²) < 4.78 is 70.7. The fourth-order valence-electron chi connectivity index (χ4n) is 2.43. The highest BCUT2D eigenvalue weighted by Gasteiger charge is 2.30. The van der Waals surface area contributed by atoms with Crippen LogP contribution in [-0.4, -0.2) is 8.42 Å². The summed E-state index contributed by atoms with van der Waals surface area (Å²) in [5.74, 6) is 0.455. The minimum atomic E-state index is -4.53. The summed E-state index contributed by atoms with van der Waals surface area (Å²) >= 11 is 0. The zero-order valence-corrected chi connectivity index (χ0v) is 15.3. The third-order valence-corrected chi connectivity index (χ3v) is 5.22. The first kappa shape index (κ1) is 19.8. The van der Waals surface area contributed by atoms with Crippen LogP contribution >= 0.6 is 0 Å². The van der Waals surface area contributed by atoms with Crippen LogP contribution in [0.4, 0.5) is 18.9 Å². The second-order valence-corrected chi connectivity index (χ2v) is 7.61. The molecule has 0 aliphatic carbocycles. The van der Waals surface area contributed by atoms with Crippen LogP contribution in [0, 0.1) is 0 Å². The monoisotopic (exact) mass is 407 g/mol. The van der Waals surface area contributed by atoms with Crippen molar-refractivity contribution < 1.29 is 26.3 Å². The van der Waals surface area contributed by atoms with Gasteiger partial charge in [0.2, 0.25) is 0 Å². The van der Waals surface area contributed by atoms with Crippen LogP contribution in [0.5, 0.6) is 5.75 Å². The fourth-order valence-corrected chi connectivity index (χ4v) is 3.48. The van der Waals surface area contributed by atoms with Gasteiger partial charge in [-0.25, -0.2) is 8.42 Å². The molecule has 0 bridgehead atoms. The van der Waals surface area contributed by atoms with Gasteiger partial charge in [0.1, 0.15) is 12.4 Å². The number of rotatable bonds is 6. The Hall–Kier alpha value is -3.00. The van der Waals surface area contributed by atoms with Gasteiger partial charge in [0.25, 0.3) is 10.0 Å². The highest BCUT2D eigenvalue weighted by Crippen LogP contribution is 2.30. The number of hydrogen-bond donors (Lipinski definition) is 1. The third-order valence-electron chi connectivity index (χ3n) is 3.83. The number of sulfonamides is 1. The molecule has 0 aliphatic rings. The summed E-state index contributed by atoms with van der Waals surface area (Å²) in [5, 5.41) is 0. The second-order valence-electron chi connectivity index (χ2n) is 5.93. The van der Waals surface area contributed by atoms with Crippen molar-refractivity contribution in [1.29, 1.82) is 0 Å². The molecule has 28 heavy (non-hydrogen) atoms. The highest BCUT2D eigenvalue weighted by molar-refractivity contribution is 7.92. The van der Waals surface area contributed by atoms with E-state index in [4.69, 9.17) is 4.74 Å². The predicted octanol–water partition coefficient (Wildman–Crippen LogP) is 5.09. The van der Waals surface area contributed by atoms with Gasteiger partial charge in [-0.1, -0.05) is 36.4 Å². The molecule has 3 aromatic rings. The second kappa shape index (κ2) is 7.93. The minimum absolute atomic E-state index is 0.241. The number of ether oxygens (including phenoxy) is 1. The number of anilines is 1. The van der Waals surface area contributed by atoms with E-state index in [1.807, 2.05) is 30.3 Å². The molecule has 0 saturated carbocycles. The molecular formula is C20H16F3NO3S. The molecule has 8 heteroatoms. The molecule has 1 N–H and O–H groups in total. The zero-order valence-electron chi connectivity index (χ0n) is 14.5. The number of alkyl halides is 3. The quantitative estimate of drug-likeness (QED) is 0.620. The van der Waals surface area contributed by atoms with Crippen LogP contribution in [0.2, 0.25) is 0 Å². The first-order chi connectivity index (χ1) is 13.2. The lowest BCUT2D eigenvalue weighted by Crippen LogP contribution is -2.13. The van der Waals surface area contributed by atoms with Gasteiger partial charge in [0.15, 0.2) is 0 Å². The molecule has 0 radical (unpaired) electrons. The van der Waals surface area contributed by atoms with Crippen LogP contribution < -0.4 is 9.46 Å². The summed E-state index contributed by atoms with van der Waals surface area (Å²) in [6.07, 6.45) is -4.53. The van der Waals surface area contributed by atoms with E-state index in [1.54, 1.807) is 12.1 Å². The largest absolute Gasteiger partial charge is 0.489 e. The Morgan fingerprint density at radius 3 is 2.18 bits per heavy atom. The van der Waals surface area contributed by atoms with Crippen molar-refractivity contribution in [2.24, 2.45) is 0 Å². The van der Waals surface area contributed by atoms with Crippen molar-refractivity contribution in [3.8, 4) is 5.75 Å². The maximum Gasteiger partial charge on any atom is 0.416 e. The van der Waals surface area contributed by atoms with E-state index in [2.05, 4.69) is 4.72 Å². The lowest BCUT2D eigenvalue weighted by atomic mass is 10.2. The summed E-state index contributed by atoms with van der Waals surface area (Å²) in [6.45, 7) is 0.315. The van der Waals surface area contributed by atoms with Crippen molar-refractivity contribution in [1.82, 2.24) is 0 Å². The lowest BCUT2D eigenvalue weighted by Gasteiger charge is -2.12. The normalized spacial score (nSPS) is 11.8. The van der Waals surface area contributed by atoms with Gasteiger partial charge < -0.3 is 4.74 Å². The smallest absolute Gasteiger partial charge is 0.416 e. The van der Waals surface area contributed by atoms with E-state index in [-0.39, 0.29) is 10.6 Å². The molecule has 0 saturated heterocycles. The average molecular weight is 407 g/mol. The van der Waals surface area contributed by atoms with E-state index in [9.17, 15) is 21.6 Å². The molecule has 0 fully saturated rings. The van der Waals surface area contributed by atoms with E-state index < -0.39 is 21.8 Å². The van der Waals surface area contributed by atoms with Gasteiger partial charge in [-0.3, -0.25) is 4.72 Å². The molecule has 0 amide bonds. The summed E-state index contributed by atoms with van der Waals surface area (Å²) in [4.78, 5) is -0.267. The molecule has 0 heterocycles. The van der Waals surface area contributed by atoms with E-state index in [0.717, 1.165) is 29.8 Å². The summed E-state index contributed by atoms with van der Waals surface area (Å²) in [5.41, 5.74) is 0.284. The van der Waals surface area contributed by atoms with Crippen molar-refractivity contribution in [3.05, 3.63) is 90.0 Å². The Balaban J connectivity index is 1.72.